The quantitative estimate of drug-likeness (QED) is 0.340. The Balaban J connectivity index is 3.16. The monoisotopic (exact) mass is 327 g/mol. The van der Waals surface area contributed by atoms with E-state index in [1.165, 1.54) is 11.4 Å². The molecule has 0 spiro atoms. The van der Waals surface area contributed by atoms with Crippen LogP contribution in [0, 0.1) is 29.1 Å². The Morgan fingerprint density at radius 3 is 1.81 bits per heavy atom. The molecule has 0 aliphatic heterocycles. The van der Waals surface area contributed by atoms with E-state index in [0.717, 1.165) is 0 Å². The molecule has 0 aromatic heterocycles. The van der Waals surface area contributed by atoms with Crippen LogP contribution in [0.5, 0.6) is 0 Å². The summed E-state index contributed by atoms with van der Waals surface area (Å²) in [5, 5.41) is 0. The number of nitrogens with zero attached hydrogens (tertiary/aromatic N) is 1. The smallest absolute Gasteiger partial charge is 0.200 e. The summed E-state index contributed by atoms with van der Waals surface area (Å²) in [6, 6.07) is -0.671. The van der Waals surface area contributed by atoms with Gasteiger partial charge in [0, 0.05) is 6.42 Å². The number of carbonyl (C=O) groups excluding carboxylic acids is 1. The van der Waals surface area contributed by atoms with Crippen molar-refractivity contribution in [1.82, 2.24) is 4.31 Å². The van der Waals surface area contributed by atoms with Crippen molar-refractivity contribution < 1.29 is 26.7 Å². The summed E-state index contributed by atoms with van der Waals surface area (Å²) in [6.45, 7) is 3.32. The molecule has 0 heterocycles. The summed E-state index contributed by atoms with van der Waals surface area (Å²) in [4.78, 5) is 10.7. The van der Waals surface area contributed by atoms with E-state index in [1.807, 2.05) is 0 Å². The molecule has 0 N–H and O–H groups in total. The number of carbonyl (C=O) groups is 1. The molecule has 0 amide bonds. The van der Waals surface area contributed by atoms with Gasteiger partial charge in [-0.15, -0.1) is 0 Å². The fourth-order valence-electron chi connectivity index (χ4n) is 1.80. The number of hydrogen-bond acceptors (Lipinski definition) is 3. The van der Waals surface area contributed by atoms with Gasteiger partial charge in [-0.3, -0.25) is 4.79 Å². The number of ketones is 1. The average Bonchev–Trinajstić information content (AvgIpc) is 2.48. The van der Waals surface area contributed by atoms with Crippen LogP contribution in [0.25, 0.3) is 0 Å². The molecule has 8 heteroatoms. The molecular formula is C13H14F5NOS. The molecule has 0 fully saturated rings. The fourth-order valence-corrected chi connectivity index (χ4v) is 2.82. The van der Waals surface area contributed by atoms with Crippen molar-refractivity contribution in [3.63, 3.8) is 0 Å². The molecule has 0 bridgehead atoms. The Morgan fingerprint density at radius 2 is 1.43 bits per heavy atom. The summed E-state index contributed by atoms with van der Waals surface area (Å²) in [7, 11) is 1.37. The van der Waals surface area contributed by atoms with E-state index >= 15 is 0 Å². The largest absolute Gasteiger partial charge is 0.298 e. The van der Waals surface area contributed by atoms with Crippen molar-refractivity contribution in [3.8, 4) is 0 Å². The van der Waals surface area contributed by atoms with Gasteiger partial charge in [0.2, 0.25) is 5.82 Å². The van der Waals surface area contributed by atoms with Crippen LogP contribution in [0.2, 0.25) is 0 Å². The number of benzene rings is 1. The highest BCUT2D eigenvalue weighted by molar-refractivity contribution is 7.97. The van der Waals surface area contributed by atoms with Crippen molar-refractivity contribution in [1.29, 1.82) is 0 Å². The number of rotatable bonds is 6. The van der Waals surface area contributed by atoms with Crippen molar-refractivity contribution in [2.45, 2.75) is 37.6 Å². The summed E-state index contributed by atoms with van der Waals surface area (Å²) in [5.74, 6) is -10.2. The lowest BCUT2D eigenvalue weighted by atomic mass is 10.1. The molecule has 0 saturated carbocycles. The summed E-state index contributed by atoms with van der Waals surface area (Å²) < 4.78 is 67.5. The molecule has 21 heavy (non-hydrogen) atoms. The van der Waals surface area contributed by atoms with E-state index in [4.69, 9.17) is 0 Å². The molecule has 1 rings (SSSR count). The zero-order chi connectivity index (χ0) is 16.3. The SMILES string of the molecule is CCC(=O)C(CC)N(C)Sc1c(F)c(F)c(F)c(F)c1F. The first-order valence-electron chi connectivity index (χ1n) is 6.21. The van der Waals surface area contributed by atoms with Crippen LogP contribution in [0.1, 0.15) is 26.7 Å². The zero-order valence-electron chi connectivity index (χ0n) is 11.6. The highest BCUT2D eigenvalue weighted by Crippen LogP contribution is 2.33. The standard InChI is InChI=1S/C13H14F5NOS/c1-4-6(7(20)5-2)19(3)21-13-11(17)9(15)8(14)10(16)12(13)18/h6H,4-5H2,1-3H3. The number of hydrogen-bond donors (Lipinski definition) is 0. The van der Waals surface area contributed by atoms with Gasteiger partial charge in [0.15, 0.2) is 29.1 Å². The number of halogens is 5. The van der Waals surface area contributed by atoms with Crippen molar-refractivity contribution in [3.05, 3.63) is 29.1 Å². The predicted octanol–water partition coefficient (Wildman–Crippen LogP) is 4.08. The van der Waals surface area contributed by atoms with Gasteiger partial charge in [-0.1, -0.05) is 13.8 Å². The van der Waals surface area contributed by atoms with Gasteiger partial charge in [-0.25, -0.2) is 26.3 Å². The van der Waals surface area contributed by atoms with Crippen LogP contribution in [0.3, 0.4) is 0 Å². The van der Waals surface area contributed by atoms with E-state index in [1.54, 1.807) is 13.8 Å². The molecule has 0 aliphatic rings. The number of likely N-dealkylation sites (N-methyl/N-ethyl adjacent to an activating group) is 1. The lowest BCUT2D eigenvalue weighted by molar-refractivity contribution is -0.122. The molecule has 1 unspecified atom stereocenters. The van der Waals surface area contributed by atoms with Crippen molar-refractivity contribution in [2.75, 3.05) is 7.05 Å². The topological polar surface area (TPSA) is 20.3 Å². The van der Waals surface area contributed by atoms with Gasteiger partial charge in [0.05, 0.1) is 6.04 Å². The summed E-state index contributed by atoms with van der Waals surface area (Å²) in [5.41, 5.74) is 0. The van der Waals surface area contributed by atoms with Crippen LogP contribution in [-0.4, -0.2) is 23.2 Å². The second-order valence-corrected chi connectivity index (χ2v) is 5.45. The molecule has 0 aliphatic carbocycles. The second-order valence-electron chi connectivity index (χ2n) is 4.28. The second kappa shape index (κ2) is 7.22. The molecule has 1 aromatic rings. The highest BCUT2D eigenvalue weighted by atomic mass is 32.2. The van der Waals surface area contributed by atoms with Gasteiger partial charge >= 0.3 is 0 Å². The van der Waals surface area contributed by atoms with Gasteiger partial charge in [0.1, 0.15) is 4.90 Å². The van der Waals surface area contributed by atoms with Crippen LogP contribution in [-0.2, 0) is 4.79 Å². The molecule has 118 valence electrons. The number of Topliss-reactive ketones (excluding diaryl/α,β-unsaturated/α-hetero) is 1. The molecular weight excluding hydrogens is 313 g/mol. The van der Waals surface area contributed by atoms with Crippen molar-refractivity contribution >= 4 is 17.7 Å². The van der Waals surface area contributed by atoms with Gasteiger partial charge in [-0.05, 0) is 25.4 Å². The third-order valence-corrected chi connectivity index (χ3v) is 4.03. The third-order valence-electron chi connectivity index (χ3n) is 2.95. The first-order chi connectivity index (χ1) is 9.76. The maximum absolute atomic E-state index is 13.6. The molecule has 0 radical (unpaired) electrons. The molecule has 1 aromatic carbocycles. The lowest BCUT2D eigenvalue weighted by Gasteiger charge is -2.24. The Bertz CT molecular complexity index is 523. The first kappa shape index (κ1) is 17.9. The zero-order valence-corrected chi connectivity index (χ0v) is 12.5. The molecule has 1 atom stereocenters. The van der Waals surface area contributed by atoms with Crippen LogP contribution in [0.4, 0.5) is 22.0 Å². The minimum Gasteiger partial charge on any atom is -0.298 e. The third kappa shape index (κ3) is 3.55. The van der Waals surface area contributed by atoms with Crippen LogP contribution >= 0.6 is 11.9 Å². The van der Waals surface area contributed by atoms with Crippen molar-refractivity contribution in [2.24, 2.45) is 0 Å². The van der Waals surface area contributed by atoms with E-state index in [-0.39, 0.29) is 12.2 Å². The Morgan fingerprint density at radius 1 is 1.00 bits per heavy atom. The highest BCUT2D eigenvalue weighted by Gasteiger charge is 2.29. The maximum Gasteiger partial charge on any atom is 0.200 e. The van der Waals surface area contributed by atoms with Crippen LogP contribution < -0.4 is 0 Å². The minimum atomic E-state index is -2.20. The van der Waals surface area contributed by atoms with E-state index in [0.29, 0.717) is 18.4 Å². The maximum atomic E-state index is 13.6. The predicted molar refractivity (Wildman–Crippen MR) is 69.2 cm³/mol. The Labute approximate surface area is 123 Å². The van der Waals surface area contributed by atoms with Crippen LogP contribution in [0.15, 0.2) is 4.90 Å². The summed E-state index contributed by atoms with van der Waals surface area (Å²) in [6.07, 6.45) is 0.562. The normalized spacial score (nSPS) is 12.8. The fraction of sp³-hybridized carbons (Fsp3) is 0.462. The minimum absolute atomic E-state index is 0.184. The molecule has 2 nitrogen and oxygen atoms in total. The van der Waals surface area contributed by atoms with Gasteiger partial charge in [0.25, 0.3) is 0 Å². The first-order valence-corrected chi connectivity index (χ1v) is 6.98. The Kier molecular flexibility index (Phi) is 6.15. The molecule has 0 saturated heterocycles. The lowest BCUT2D eigenvalue weighted by Crippen LogP contribution is -2.33. The Hall–Kier alpha value is -1.15. The van der Waals surface area contributed by atoms with E-state index < -0.39 is 40.0 Å². The van der Waals surface area contributed by atoms with E-state index in [2.05, 4.69) is 0 Å². The average molecular weight is 327 g/mol. The van der Waals surface area contributed by atoms with E-state index in [9.17, 15) is 26.7 Å². The van der Waals surface area contributed by atoms with Gasteiger partial charge < -0.3 is 0 Å². The summed E-state index contributed by atoms with van der Waals surface area (Å²) >= 11 is 0.326. The van der Waals surface area contributed by atoms with Gasteiger partial charge in [-0.2, -0.15) is 0 Å².